The van der Waals surface area contributed by atoms with Gasteiger partial charge in [0.1, 0.15) is 5.41 Å². The van der Waals surface area contributed by atoms with Crippen molar-refractivity contribution in [1.82, 2.24) is 4.90 Å². The highest BCUT2D eigenvalue weighted by molar-refractivity contribution is 6.06. The molecule has 0 aromatic heterocycles. The first-order valence-electron chi connectivity index (χ1n) is 7.70. The van der Waals surface area contributed by atoms with Gasteiger partial charge in [-0.05, 0) is 24.7 Å². The van der Waals surface area contributed by atoms with Crippen LogP contribution in [0.2, 0.25) is 0 Å². The van der Waals surface area contributed by atoms with Gasteiger partial charge in [0.15, 0.2) is 5.84 Å². The highest BCUT2D eigenvalue weighted by atomic mass is 16.4. The Bertz CT molecular complexity index is 352. The number of likely N-dealkylation sites (tertiary alicyclic amines) is 1. The number of hydrogen-bond donors (Lipinski definition) is 2. The molecule has 0 radical (unpaired) electrons. The number of oxime groups is 1. The van der Waals surface area contributed by atoms with Gasteiger partial charge in [0.25, 0.3) is 0 Å². The van der Waals surface area contributed by atoms with Crippen molar-refractivity contribution in [3.8, 4) is 0 Å². The van der Waals surface area contributed by atoms with Crippen molar-refractivity contribution in [2.24, 2.45) is 28.1 Å². The Morgan fingerprint density at radius 2 is 1.70 bits per heavy atom. The monoisotopic (exact) mass is 283 g/mol. The van der Waals surface area contributed by atoms with Gasteiger partial charge in [-0.1, -0.05) is 45.7 Å². The van der Waals surface area contributed by atoms with Crippen molar-refractivity contribution >= 4 is 11.7 Å². The molecule has 0 aliphatic carbocycles. The van der Waals surface area contributed by atoms with E-state index in [0.29, 0.717) is 24.7 Å². The third kappa shape index (κ3) is 3.07. The van der Waals surface area contributed by atoms with E-state index in [0.717, 1.165) is 25.9 Å². The third-order valence-corrected chi connectivity index (χ3v) is 4.64. The molecule has 116 valence electrons. The van der Waals surface area contributed by atoms with Crippen LogP contribution in [0.25, 0.3) is 0 Å². The van der Waals surface area contributed by atoms with E-state index in [-0.39, 0.29) is 11.7 Å². The molecule has 1 amide bonds. The molecule has 20 heavy (non-hydrogen) atoms. The van der Waals surface area contributed by atoms with Crippen LogP contribution in [0, 0.1) is 17.3 Å². The molecular weight excluding hydrogens is 254 g/mol. The van der Waals surface area contributed by atoms with Gasteiger partial charge in [0.2, 0.25) is 5.91 Å². The highest BCUT2D eigenvalue weighted by Crippen LogP contribution is 2.35. The summed E-state index contributed by atoms with van der Waals surface area (Å²) in [6.07, 6.45) is 2.94. The first-order chi connectivity index (χ1) is 9.42. The summed E-state index contributed by atoms with van der Waals surface area (Å²) in [7, 11) is 0. The molecule has 2 unspecified atom stereocenters. The normalized spacial score (nSPS) is 24.2. The second kappa shape index (κ2) is 6.95. The standard InChI is InChI=1S/C15H29N3O2/c1-5-7-15(8-6-2,13(16)17-20)14(19)18-9-11(3)12(4)10-18/h11-12,20H,5-10H2,1-4H3,(H2,16,17). The molecule has 1 saturated heterocycles. The van der Waals surface area contributed by atoms with E-state index in [1.54, 1.807) is 0 Å². The van der Waals surface area contributed by atoms with Gasteiger partial charge in [-0.25, -0.2) is 0 Å². The Morgan fingerprint density at radius 1 is 1.25 bits per heavy atom. The maximum absolute atomic E-state index is 13.0. The van der Waals surface area contributed by atoms with Gasteiger partial charge in [0, 0.05) is 13.1 Å². The molecule has 0 aromatic rings. The number of nitrogens with two attached hydrogens (primary N) is 1. The van der Waals surface area contributed by atoms with E-state index < -0.39 is 5.41 Å². The lowest BCUT2D eigenvalue weighted by molar-refractivity contribution is -0.138. The predicted molar refractivity (Wildman–Crippen MR) is 80.6 cm³/mol. The Balaban J connectivity index is 3.06. The molecule has 1 aliphatic heterocycles. The average molecular weight is 283 g/mol. The zero-order valence-corrected chi connectivity index (χ0v) is 13.2. The van der Waals surface area contributed by atoms with Crippen molar-refractivity contribution in [1.29, 1.82) is 0 Å². The zero-order valence-electron chi connectivity index (χ0n) is 13.2. The van der Waals surface area contributed by atoms with Crippen molar-refractivity contribution in [2.45, 2.75) is 53.4 Å². The molecule has 2 atom stereocenters. The van der Waals surface area contributed by atoms with Crippen LogP contribution in [0.3, 0.4) is 0 Å². The number of amides is 1. The molecule has 1 rings (SSSR count). The minimum atomic E-state index is -0.831. The molecule has 0 aromatic carbocycles. The fourth-order valence-electron chi connectivity index (χ4n) is 3.25. The topological polar surface area (TPSA) is 78.9 Å². The molecule has 5 heteroatoms. The Morgan fingerprint density at radius 3 is 2.05 bits per heavy atom. The molecule has 0 spiro atoms. The van der Waals surface area contributed by atoms with Crippen LogP contribution >= 0.6 is 0 Å². The van der Waals surface area contributed by atoms with Gasteiger partial charge >= 0.3 is 0 Å². The van der Waals surface area contributed by atoms with Gasteiger partial charge in [-0.2, -0.15) is 0 Å². The first kappa shape index (κ1) is 16.8. The molecule has 3 N–H and O–H groups in total. The highest BCUT2D eigenvalue weighted by Gasteiger charge is 2.46. The fourth-order valence-corrected chi connectivity index (χ4v) is 3.25. The van der Waals surface area contributed by atoms with Crippen molar-refractivity contribution < 1.29 is 10.0 Å². The lowest BCUT2D eigenvalue weighted by Crippen LogP contribution is -2.51. The fraction of sp³-hybridized carbons (Fsp3) is 0.867. The van der Waals surface area contributed by atoms with Crippen LogP contribution in [-0.2, 0) is 4.79 Å². The maximum atomic E-state index is 13.0. The molecule has 1 aliphatic rings. The summed E-state index contributed by atoms with van der Waals surface area (Å²) in [5.74, 6) is 1.12. The SMILES string of the molecule is CCCC(CCC)(C(=O)N1CC(C)C(C)C1)C(N)=NO. The third-order valence-electron chi connectivity index (χ3n) is 4.64. The Kier molecular flexibility index (Phi) is 5.84. The van der Waals surface area contributed by atoms with Gasteiger partial charge in [-0.15, -0.1) is 0 Å². The maximum Gasteiger partial charge on any atom is 0.236 e. The largest absolute Gasteiger partial charge is 0.409 e. The molecule has 0 bridgehead atoms. The average Bonchev–Trinajstić information content (AvgIpc) is 2.76. The lowest BCUT2D eigenvalue weighted by atomic mass is 9.76. The number of carbonyl (C=O) groups is 1. The molecule has 1 fully saturated rings. The van der Waals surface area contributed by atoms with Gasteiger partial charge in [-0.3, -0.25) is 4.79 Å². The van der Waals surface area contributed by atoms with E-state index in [1.165, 1.54) is 0 Å². The van der Waals surface area contributed by atoms with Crippen LogP contribution in [0.1, 0.15) is 53.4 Å². The van der Waals surface area contributed by atoms with Crippen LogP contribution in [0.5, 0.6) is 0 Å². The molecule has 5 nitrogen and oxygen atoms in total. The predicted octanol–water partition coefficient (Wildman–Crippen LogP) is 2.43. The van der Waals surface area contributed by atoms with Crippen LogP contribution in [0.15, 0.2) is 5.16 Å². The lowest BCUT2D eigenvalue weighted by Gasteiger charge is -2.34. The first-order valence-corrected chi connectivity index (χ1v) is 7.70. The van der Waals surface area contributed by atoms with Gasteiger partial charge < -0.3 is 15.8 Å². The number of rotatable bonds is 6. The quantitative estimate of drug-likeness (QED) is 0.340. The van der Waals surface area contributed by atoms with Crippen molar-refractivity contribution in [3.05, 3.63) is 0 Å². The van der Waals surface area contributed by atoms with Crippen LogP contribution in [0.4, 0.5) is 0 Å². The van der Waals surface area contributed by atoms with Crippen molar-refractivity contribution in [3.63, 3.8) is 0 Å². The summed E-state index contributed by atoms with van der Waals surface area (Å²) >= 11 is 0. The van der Waals surface area contributed by atoms with Gasteiger partial charge in [0.05, 0.1) is 0 Å². The second-order valence-electron chi connectivity index (χ2n) is 6.23. The number of amidine groups is 1. The van der Waals surface area contributed by atoms with E-state index in [4.69, 9.17) is 10.9 Å². The second-order valence-corrected chi connectivity index (χ2v) is 6.23. The summed E-state index contributed by atoms with van der Waals surface area (Å²) in [6.45, 7) is 9.93. The van der Waals surface area contributed by atoms with Crippen molar-refractivity contribution in [2.75, 3.05) is 13.1 Å². The summed E-state index contributed by atoms with van der Waals surface area (Å²) in [5.41, 5.74) is 5.08. The minimum absolute atomic E-state index is 0.0349. The van der Waals surface area contributed by atoms with Crippen LogP contribution < -0.4 is 5.73 Å². The minimum Gasteiger partial charge on any atom is -0.409 e. The summed E-state index contributed by atoms with van der Waals surface area (Å²) in [4.78, 5) is 14.9. The van der Waals surface area contributed by atoms with E-state index >= 15 is 0 Å². The summed E-state index contributed by atoms with van der Waals surface area (Å²) in [6, 6.07) is 0. The Hall–Kier alpha value is -1.26. The zero-order chi connectivity index (χ0) is 15.3. The number of carbonyl (C=O) groups excluding carboxylic acids is 1. The Labute approximate surface area is 122 Å². The summed E-state index contributed by atoms with van der Waals surface area (Å²) in [5, 5.41) is 12.3. The molecular formula is C15H29N3O2. The number of nitrogens with zero attached hydrogens (tertiary/aromatic N) is 2. The summed E-state index contributed by atoms with van der Waals surface area (Å²) < 4.78 is 0. The number of hydrogen-bond acceptors (Lipinski definition) is 3. The van der Waals surface area contributed by atoms with E-state index in [9.17, 15) is 4.79 Å². The smallest absolute Gasteiger partial charge is 0.236 e. The molecule has 0 saturated carbocycles. The van der Waals surface area contributed by atoms with Crippen LogP contribution in [-0.4, -0.2) is 34.9 Å². The van der Waals surface area contributed by atoms with E-state index in [2.05, 4.69) is 19.0 Å². The molecule has 1 heterocycles. The van der Waals surface area contributed by atoms with E-state index in [1.807, 2.05) is 18.7 Å².